The average molecular weight is 424 g/mol. The van der Waals surface area contributed by atoms with E-state index in [4.69, 9.17) is 11.5 Å². The second kappa shape index (κ2) is 6.64. The highest BCUT2D eigenvalue weighted by molar-refractivity contribution is 5.99. The Labute approximate surface area is 174 Å². The highest BCUT2D eigenvalue weighted by atomic mass is 19.1. The van der Waals surface area contributed by atoms with Crippen LogP contribution in [0.5, 0.6) is 0 Å². The average Bonchev–Trinajstić information content (AvgIpc) is 3.50. The van der Waals surface area contributed by atoms with Gasteiger partial charge in [0.05, 0.1) is 16.6 Å². The number of rotatable bonds is 4. The summed E-state index contributed by atoms with van der Waals surface area (Å²) in [5.41, 5.74) is 9.72. The zero-order valence-corrected chi connectivity index (χ0v) is 16.2. The maximum Gasteiger partial charge on any atom is 0.341 e. The second-order valence-electron chi connectivity index (χ2n) is 7.76. The Balaban J connectivity index is 1.87. The number of carboxylic acid groups (broad SMARTS) is 1. The number of nitrogens with zero attached hydrogens (tertiary/aromatic N) is 2. The fourth-order valence-corrected chi connectivity index (χ4v) is 4.02. The number of nitrogen functional groups attached to an aromatic ring is 1. The molecular weight excluding hydrogens is 406 g/mol. The predicted octanol–water partition coefficient (Wildman–Crippen LogP) is 3.30. The molecular formula is C22H18F2N4O3. The monoisotopic (exact) mass is 424 g/mol. The largest absolute Gasteiger partial charge is 0.477 e. The summed E-state index contributed by atoms with van der Waals surface area (Å²) in [7, 11) is 0. The number of carboxylic acids is 1. The molecule has 2 aromatic heterocycles. The lowest BCUT2D eigenvalue weighted by Gasteiger charge is -2.17. The third-order valence-corrected chi connectivity index (χ3v) is 5.74. The molecule has 1 saturated carbocycles. The molecule has 0 bridgehead atoms. The van der Waals surface area contributed by atoms with E-state index in [0.717, 1.165) is 22.5 Å². The second-order valence-corrected chi connectivity index (χ2v) is 7.76. The smallest absolute Gasteiger partial charge is 0.341 e. The van der Waals surface area contributed by atoms with Crippen LogP contribution in [0.1, 0.15) is 34.8 Å². The molecule has 0 aliphatic heterocycles. The SMILES string of the molecule is NCc1ccc2cn(-c3c(F)c(N)c4c(=O)c(C(=O)O)cn(C5CC5)c4c3F)cc2c1. The summed E-state index contributed by atoms with van der Waals surface area (Å²) in [6.45, 7) is 0.326. The Morgan fingerprint density at radius 1 is 1.13 bits per heavy atom. The van der Waals surface area contributed by atoms with Crippen molar-refractivity contribution in [1.82, 2.24) is 9.13 Å². The van der Waals surface area contributed by atoms with Crippen LogP contribution in [0.25, 0.3) is 27.4 Å². The molecule has 2 heterocycles. The molecule has 0 saturated heterocycles. The summed E-state index contributed by atoms with van der Waals surface area (Å²) in [5.74, 6) is -3.56. The molecule has 0 unspecified atom stereocenters. The van der Waals surface area contributed by atoms with Crippen LogP contribution in [-0.4, -0.2) is 20.2 Å². The van der Waals surface area contributed by atoms with Crippen LogP contribution in [-0.2, 0) is 6.54 Å². The summed E-state index contributed by atoms with van der Waals surface area (Å²) in [4.78, 5) is 24.3. The van der Waals surface area contributed by atoms with E-state index in [1.165, 1.54) is 9.13 Å². The number of fused-ring (bicyclic) bond motifs is 2. The van der Waals surface area contributed by atoms with Crippen molar-refractivity contribution in [3.63, 3.8) is 0 Å². The third-order valence-electron chi connectivity index (χ3n) is 5.74. The molecule has 0 spiro atoms. The van der Waals surface area contributed by atoms with Crippen LogP contribution in [0.3, 0.4) is 0 Å². The standard InChI is InChI=1S/C22H18F2N4O3/c23-16-18(26)15-19(28(13-3-4-13)9-14(21(15)29)22(30)31)17(24)20(16)27-7-11-2-1-10(6-25)5-12(11)8-27/h1-2,5,7-9,13H,3-4,6,25-26H2,(H,30,31). The molecule has 4 aromatic rings. The zero-order chi connectivity index (χ0) is 22.0. The maximum atomic E-state index is 15.8. The van der Waals surface area contributed by atoms with E-state index in [1.807, 2.05) is 12.1 Å². The van der Waals surface area contributed by atoms with Gasteiger partial charge in [-0.3, -0.25) is 4.79 Å². The van der Waals surface area contributed by atoms with Gasteiger partial charge in [0.2, 0.25) is 5.43 Å². The Morgan fingerprint density at radius 3 is 2.48 bits per heavy atom. The lowest BCUT2D eigenvalue weighted by Crippen LogP contribution is -2.22. The first-order chi connectivity index (χ1) is 14.8. The van der Waals surface area contributed by atoms with Crippen LogP contribution in [0.15, 0.2) is 41.6 Å². The van der Waals surface area contributed by atoms with Gasteiger partial charge in [0.1, 0.15) is 11.3 Å². The Morgan fingerprint density at radius 2 is 1.84 bits per heavy atom. The van der Waals surface area contributed by atoms with Crippen LogP contribution in [0.2, 0.25) is 0 Å². The summed E-state index contributed by atoms with van der Waals surface area (Å²) < 4.78 is 33.8. The van der Waals surface area contributed by atoms with Crippen LogP contribution in [0.4, 0.5) is 14.5 Å². The molecule has 31 heavy (non-hydrogen) atoms. The van der Waals surface area contributed by atoms with Gasteiger partial charge in [-0.05, 0) is 29.9 Å². The number of benzene rings is 2. The van der Waals surface area contributed by atoms with Crippen molar-refractivity contribution in [2.75, 3.05) is 5.73 Å². The highest BCUT2D eigenvalue weighted by Crippen LogP contribution is 2.40. The Bertz CT molecular complexity index is 1470. The van der Waals surface area contributed by atoms with Crippen molar-refractivity contribution >= 4 is 33.3 Å². The van der Waals surface area contributed by atoms with Gasteiger partial charge in [0.15, 0.2) is 11.6 Å². The van der Waals surface area contributed by atoms with Crippen LogP contribution >= 0.6 is 0 Å². The minimum absolute atomic E-state index is 0.177. The summed E-state index contributed by atoms with van der Waals surface area (Å²) in [5, 5.41) is 10.4. The fourth-order valence-electron chi connectivity index (χ4n) is 4.02. The van der Waals surface area contributed by atoms with Crippen molar-refractivity contribution in [2.24, 2.45) is 5.73 Å². The number of halogens is 2. The molecule has 1 aliphatic rings. The van der Waals surface area contributed by atoms with Gasteiger partial charge >= 0.3 is 5.97 Å². The van der Waals surface area contributed by atoms with E-state index < -0.39 is 45.4 Å². The van der Waals surface area contributed by atoms with Gasteiger partial charge in [0.25, 0.3) is 0 Å². The molecule has 0 amide bonds. The number of aromatic nitrogens is 2. The number of aromatic carboxylic acids is 1. The van der Waals surface area contributed by atoms with Gasteiger partial charge in [-0.25, -0.2) is 13.6 Å². The lowest BCUT2D eigenvalue weighted by atomic mass is 10.1. The minimum atomic E-state index is -1.47. The highest BCUT2D eigenvalue weighted by Gasteiger charge is 2.32. The first-order valence-electron chi connectivity index (χ1n) is 9.71. The van der Waals surface area contributed by atoms with E-state index in [9.17, 15) is 14.7 Å². The van der Waals surface area contributed by atoms with Gasteiger partial charge in [-0.1, -0.05) is 12.1 Å². The molecule has 5 N–H and O–H groups in total. The van der Waals surface area contributed by atoms with Crippen molar-refractivity contribution in [2.45, 2.75) is 25.4 Å². The van der Waals surface area contributed by atoms with Crippen molar-refractivity contribution in [3.05, 3.63) is 69.8 Å². The summed E-state index contributed by atoms with van der Waals surface area (Å²) in [6, 6.07) is 5.27. The number of pyridine rings is 1. The van der Waals surface area contributed by atoms with Gasteiger partial charge in [-0.15, -0.1) is 0 Å². The van der Waals surface area contributed by atoms with Crippen LogP contribution in [0, 0.1) is 11.6 Å². The molecule has 0 radical (unpaired) electrons. The van der Waals surface area contributed by atoms with Gasteiger partial charge in [0, 0.05) is 36.6 Å². The minimum Gasteiger partial charge on any atom is -0.477 e. The molecule has 1 aliphatic carbocycles. The number of hydrogen-bond acceptors (Lipinski definition) is 4. The lowest BCUT2D eigenvalue weighted by molar-refractivity contribution is 0.0695. The van der Waals surface area contributed by atoms with E-state index >= 15 is 8.78 Å². The van der Waals surface area contributed by atoms with Gasteiger partial charge in [-0.2, -0.15) is 0 Å². The Kier molecular flexibility index (Phi) is 4.13. The first kappa shape index (κ1) is 19.3. The topological polar surface area (TPSA) is 116 Å². The normalized spacial score (nSPS) is 13.9. The predicted molar refractivity (Wildman–Crippen MR) is 112 cm³/mol. The maximum absolute atomic E-state index is 15.8. The number of anilines is 1. The van der Waals surface area contributed by atoms with E-state index in [1.54, 1.807) is 18.5 Å². The molecule has 0 atom stereocenters. The molecule has 7 nitrogen and oxygen atoms in total. The zero-order valence-electron chi connectivity index (χ0n) is 16.2. The number of nitrogens with two attached hydrogens (primary N) is 2. The Hall–Kier alpha value is -3.72. The van der Waals surface area contributed by atoms with Crippen LogP contribution < -0.4 is 16.9 Å². The molecule has 9 heteroatoms. The van der Waals surface area contributed by atoms with E-state index in [2.05, 4.69) is 0 Å². The first-order valence-corrected chi connectivity index (χ1v) is 9.71. The van der Waals surface area contributed by atoms with Crippen molar-refractivity contribution < 1.29 is 18.7 Å². The molecule has 2 aromatic carbocycles. The number of hydrogen-bond donors (Lipinski definition) is 3. The molecule has 5 rings (SSSR count). The fraction of sp³-hybridized carbons (Fsp3) is 0.182. The summed E-state index contributed by atoms with van der Waals surface area (Å²) in [6.07, 6.45) is 5.63. The van der Waals surface area contributed by atoms with Gasteiger partial charge < -0.3 is 25.7 Å². The third kappa shape index (κ3) is 2.81. The van der Waals surface area contributed by atoms with Crippen molar-refractivity contribution in [1.29, 1.82) is 0 Å². The molecule has 1 fully saturated rings. The van der Waals surface area contributed by atoms with Crippen molar-refractivity contribution in [3.8, 4) is 5.69 Å². The number of carbonyl (C=O) groups is 1. The molecule has 158 valence electrons. The van der Waals surface area contributed by atoms with E-state index in [-0.39, 0.29) is 11.6 Å². The van der Waals surface area contributed by atoms with E-state index in [0.29, 0.717) is 19.4 Å². The summed E-state index contributed by atoms with van der Waals surface area (Å²) >= 11 is 0. The quantitative estimate of drug-likeness (QED) is 0.435.